The van der Waals surface area contributed by atoms with Crippen LogP contribution in [-0.2, 0) is 6.54 Å². The number of piperidine rings is 1. The Kier molecular flexibility index (Phi) is 4.31. The minimum atomic E-state index is -0.0699. The molecule has 5 heteroatoms. The zero-order valence-corrected chi connectivity index (χ0v) is 12.1. The number of benzene rings is 1. The Morgan fingerprint density at radius 1 is 1.38 bits per heavy atom. The lowest BCUT2D eigenvalue weighted by Crippen LogP contribution is -2.36. The Morgan fingerprint density at radius 3 is 3.10 bits per heavy atom. The summed E-state index contributed by atoms with van der Waals surface area (Å²) in [5.74, 6) is 1.28. The van der Waals surface area contributed by atoms with E-state index in [-0.39, 0.29) is 12.2 Å². The van der Waals surface area contributed by atoms with Crippen LogP contribution in [0.5, 0.6) is 0 Å². The van der Waals surface area contributed by atoms with E-state index < -0.39 is 0 Å². The van der Waals surface area contributed by atoms with Crippen LogP contribution < -0.4 is 5.56 Å². The first-order valence-corrected chi connectivity index (χ1v) is 7.57. The van der Waals surface area contributed by atoms with Gasteiger partial charge in [-0.2, -0.15) is 0 Å². The van der Waals surface area contributed by atoms with E-state index in [4.69, 9.17) is 5.11 Å². The number of aliphatic hydroxyl groups is 1. The van der Waals surface area contributed by atoms with Gasteiger partial charge < -0.3 is 10.1 Å². The van der Waals surface area contributed by atoms with Crippen LogP contribution in [0.1, 0.15) is 25.1 Å². The molecule has 1 aromatic carbocycles. The molecule has 2 N–H and O–H groups in total. The summed E-state index contributed by atoms with van der Waals surface area (Å²) in [4.78, 5) is 21.8. The second-order valence-corrected chi connectivity index (χ2v) is 5.79. The lowest BCUT2D eigenvalue weighted by atomic mass is 9.95. The van der Waals surface area contributed by atoms with Gasteiger partial charge in [-0.25, -0.2) is 4.98 Å². The molecule has 1 unspecified atom stereocenters. The van der Waals surface area contributed by atoms with Gasteiger partial charge in [0, 0.05) is 13.2 Å². The Bertz CT molecular complexity index is 666. The van der Waals surface area contributed by atoms with Crippen LogP contribution in [0, 0.1) is 5.92 Å². The molecule has 2 aromatic rings. The minimum Gasteiger partial charge on any atom is -0.396 e. The standard InChI is InChI=1S/C16H21N3O2/c20-9-7-12-4-3-8-19(10-12)11-15-17-14-6-2-1-5-13(14)16(21)18-15/h1-2,5-6,12,20H,3-4,7-11H2,(H,17,18,21). The number of hydrogen-bond donors (Lipinski definition) is 2. The van der Waals surface area contributed by atoms with E-state index in [1.165, 1.54) is 6.42 Å². The van der Waals surface area contributed by atoms with Gasteiger partial charge in [-0.05, 0) is 43.9 Å². The van der Waals surface area contributed by atoms with E-state index in [9.17, 15) is 4.79 Å². The predicted molar refractivity (Wildman–Crippen MR) is 82.1 cm³/mol. The van der Waals surface area contributed by atoms with Crippen LogP contribution >= 0.6 is 0 Å². The van der Waals surface area contributed by atoms with Gasteiger partial charge >= 0.3 is 0 Å². The Balaban J connectivity index is 1.77. The van der Waals surface area contributed by atoms with Crippen molar-refractivity contribution in [2.75, 3.05) is 19.7 Å². The summed E-state index contributed by atoms with van der Waals surface area (Å²) in [5.41, 5.74) is 0.680. The zero-order valence-electron chi connectivity index (χ0n) is 12.1. The molecule has 1 aromatic heterocycles. The SMILES string of the molecule is O=c1[nH]c(CN2CCCC(CCO)C2)nc2ccccc12. The first-order valence-electron chi connectivity index (χ1n) is 7.57. The van der Waals surface area contributed by atoms with Crippen molar-refractivity contribution >= 4 is 10.9 Å². The van der Waals surface area contributed by atoms with E-state index >= 15 is 0 Å². The first-order chi connectivity index (χ1) is 10.3. The number of nitrogens with one attached hydrogen (secondary N) is 1. The maximum absolute atomic E-state index is 12.1. The highest BCUT2D eigenvalue weighted by atomic mass is 16.3. The summed E-state index contributed by atoms with van der Waals surface area (Å²) in [5, 5.41) is 9.71. The van der Waals surface area contributed by atoms with Crippen molar-refractivity contribution in [3.05, 3.63) is 40.4 Å². The minimum absolute atomic E-state index is 0.0699. The molecule has 3 rings (SSSR count). The summed E-state index contributed by atoms with van der Waals surface area (Å²) in [6.07, 6.45) is 3.18. The molecule has 0 saturated carbocycles. The summed E-state index contributed by atoms with van der Waals surface area (Å²) in [6.45, 7) is 2.92. The molecule has 0 bridgehead atoms. The van der Waals surface area contributed by atoms with Crippen molar-refractivity contribution in [2.24, 2.45) is 5.92 Å². The predicted octanol–water partition coefficient (Wildman–Crippen LogP) is 1.52. The molecule has 112 valence electrons. The molecule has 1 atom stereocenters. The highest BCUT2D eigenvalue weighted by Crippen LogP contribution is 2.20. The summed E-state index contributed by atoms with van der Waals surface area (Å²) in [7, 11) is 0. The average molecular weight is 287 g/mol. The number of hydrogen-bond acceptors (Lipinski definition) is 4. The number of rotatable bonds is 4. The average Bonchev–Trinajstić information content (AvgIpc) is 2.48. The third-order valence-corrected chi connectivity index (χ3v) is 4.18. The van der Waals surface area contributed by atoms with Gasteiger partial charge in [0.25, 0.3) is 5.56 Å². The van der Waals surface area contributed by atoms with E-state index in [0.29, 0.717) is 17.8 Å². The molecular weight excluding hydrogens is 266 g/mol. The van der Waals surface area contributed by atoms with Gasteiger partial charge in [0.2, 0.25) is 0 Å². The highest BCUT2D eigenvalue weighted by Gasteiger charge is 2.20. The van der Waals surface area contributed by atoms with Crippen molar-refractivity contribution < 1.29 is 5.11 Å². The van der Waals surface area contributed by atoms with E-state index in [1.54, 1.807) is 6.07 Å². The van der Waals surface area contributed by atoms with E-state index in [1.807, 2.05) is 18.2 Å². The molecule has 2 heterocycles. The normalized spacial score (nSPS) is 20.0. The molecule has 1 aliphatic rings. The van der Waals surface area contributed by atoms with Crippen molar-refractivity contribution in [3.63, 3.8) is 0 Å². The maximum atomic E-state index is 12.1. The molecule has 1 aliphatic heterocycles. The molecule has 0 spiro atoms. The van der Waals surface area contributed by atoms with Gasteiger partial charge in [0.1, 0.15) is 5.82 Å². The fourth-order valence-electron chi connectivity index (χ4n) is 3.13. The van der Waals surface area contributed by atoms with Gasteiger partial charge in [-0.1, -0.05) is 12.1 Å². The number of H-pyrrole nitrogens is 1. The lowest BCUT2D eigenvalue weighted by Gasteiger charge is -2.32. The fraction of sp³-hybridized carbons (Fsp3) is 0.500. The number of likely N-dealkylation sites (tertiary alicyclic amines) is 1. The monoisotopic (exact) mass is 287 g/mol. The Morgan fingerprint density at radius 2 is 2.24 bits per heavy atom. The molecular formula is C16H21N3O2. The quantitative estimate of drug-likeness (QED) is 0.894. The number of aliphatic hydroxyl groups excluding tert-OH is 1. The van der Waals surface area contributed by atoms with Gasteiger partial charge in [0.15, 0.2) is 0 Å². The van der Waals surface area contributed by atoms with Crippen LogP contribution in [-0.4, -0.2) is 39.7 Å². The molecule has 0 amide bonds. The summed E-state index contributed by atoms with van der Waals surface area (Å²) >= 11 is 0. The first kappa shape index (κ1) is 14.2. The van der Waals surface area contributed by atoms with Crippen molar-refractivity contribution in [1.82, 2.24) is 14.9 Å². The Labute approximate surface area is 123 Å². The van der Waals surface area contributed by atoms with Crippen LogP contribution in [0.15, 0.2) is 29.1 Å². The molecule has 1 fully saturated rings. The van der Waals surface area contributed by atoms with Crippen LogP contribution in [0.4, 0.5) is 0 Å². The topological polar surface area (TPSA) is 69.2 Å². The largest absolute Gasteiger partial charge is 0.396 e. The van der Waals surface area contributed by atoms with Crippen molar-refractivity contribution in [2.45, 2.75) is 25.8 Å². The molecule has 1 saturated heterocycles. The van der Waals surface area contributed by atoms with E-state index in [2.05, 4.69) is 14.9 Å². The third-order valence-electron chi connectivity index (χ3n) is 4.18. The lowest BCUT2D eigenvalue weighted by molar-refractivity contribution is 0.140. The summed E-state index contributed by atoms with van der Waals surface area (Å²) in [6, 6.07) is 7.42. The Hall–Kier alpha value is -1.72. The second-order valence-electron chi connectivity index (χ2n) is 5.79. The number of aromatic amines is 1. The highest BCUT2D eigenvalue weighted by molar-refractivity contribution is 5.77. The number of fused-ring (bicyclic) bond motifs is 1. The van der Waals surface area contributed by atoms with Crippen LogP contribution in [0.25, 0.3) is 10.9 Å². The maximum Gasteiger partial charge on any atom is 0.258 e. The zero-order chi connectivity index (χ0) is 14.7. The van der Waals surface area contributed by atoms with Gasteiger partial charge in [-0.3, -0.25) is 9.69 Å². The van der Waals surface area contributed by atoms with Crippen molar-refractivity contribution in [1.29, 1.82) is 0 Å². The van der Waals surface area contributed by atoms with Crippen molar-refractivity contribution in [3.8, 4) is 0 Å². The second kappa shape index (κ2) is 6.37. The molecule has 0 aliphatic carbocycles. The fourth-order valence-corrected chi connectivity index (χ4v) is 3.13. The van der Waals surface area contributed by atoms with Gasteiger partial charge in [0.05, 0.1) is 17.4 Å². The number of para-hydroxylation sites is 1. The molecule has 0 radical (unpaired) electrons. The van der Waals surface area contributed by atoms with E-state index in [0.717, 1.165) is 37.3 Å². The third kappa shape index (κ3) is 3.31. The summed E-state index contributed by atoms with van der Waals surface area (Å²) < 4.78 is 0. The smallest absolute Gasteiger partial charge is 0.258 e. The van der Waals surface area contributed by atoms with Gasteiger partial charge in [-0.15, -0.1) is 0 Å². The van der Waals surface area contributed by atoms with Crippen LogP contribution in [0.2, 0.25) is 0 Å². The number of nitrogens with zero attached hydrogens (tertiary/aromatic N) is 2. The number of aromatic nitrogens is 2. The van der Waals surface area contributed by atoms with Crippen LogP contribution in [0.3, 0.4) is 0 Å². The molecule has 5 nitrogen and oxygen atoms in total. The molecule has 21 heavy (non-hydrogen) atoms.